The number of halogens is 1. The number of aromatic nitrogens is 2. The largest absolute Gasteiger partial charge is 0.313 e. The normalized spacial score (nSPS) is 10.6. The summed E-state index contributed by atoms with van der Waals surface area (Å²) in [6.45, 7) is 3.89. The zero-order valence-electron chi connectivity index (χ0n) is 9.13. The summed E-state index contributed by atoms with van der Waals surface area (Å²) in [5.74, 6) is 0. The van der Waals surface area contributed by atoms with Crippen molar-refractivity contribution in [2.45, 2.75) is 13.5 Å². The van der Waals surface area contributed by atoms with E-state index in [1.807, 2.05) is 24.4 Å². The second-order valence-corrected chi connectivity index (χ2v) is 4.38. The number of benzene rings is 1. The fourth-order valence-corrected chi connectivity index (χ4v) is 2.08. The van der Waals surface area contributed by atoms with Crippen molar-refractivity contribution in [1.82, 2.24) is 15.5 Å². The fourth-order valence-electron chi connectivity index (χ4n) is 1.60. The molecule has 1 aromatic heterocycles. The molecular formula is C12H14BrN3. The topological polar surface area (TPSA) is 40.7 Å². The highest BCUT2D eigenvalue weighted by molar-refractivity contribution is 9.10. The molecule has 2 N–H and O–H groups in total. The van der Waals surface area contributed by atoms with E-state index in [1.54, 1.807) is 0 Å². The van der Waals surface area contributed by atoms with Gasteiger partial charge in [0, 0.05) is 22.1 Å². The molecule has 0 aliphatic rings. The van der Waals surface area contributed by atoms with Gasteiger partial charge in [0.15, 0.2) is 0 Å². The molecule has 0 amide bonds. The Morgan fingerprint density at radius 3 is 2.94 bits per heavy atom. The van der Waals surface area contributed by atoms with Gasteiger partial charge < -0.3 is 5.32 Å². The molecular weight excluding hydrogens is 266 g/mol. The molecule has 3 nitrogen and oxygen atoms in total. The third kappa shape index (κ3) is 2.33. The maximum absolute atomic E-state index is 4.11. The van der Waals surface area contributed by atoms with Crippen molar-refractivity contribution < 1.29 is 0 Å². The molecule has 0 saturated carbocycles. The molecule has 84 valence electrons. The molecule has 0 saturated heterocycles. The Hall–Kier alpha value is -1.13. The van der Waals surface area contributed by atoms with E-state index in [4.69, 9.17) is 0 Å². The van der Waals surface area contributed by atoms with Crippen molar-refractivity contribution in [2.75, 3.05) is 6.54 Å². The van der Waals surface area contributed by atoms with Crippen LogP contribution in [0, 0.1) is 0 Å². The monoisotopic (exact) mass is 279 g/mol. The van der Waals surface area contributed by atoms with Gasteiger partial charge in [-0.05, 0) is 12.6 Å². The van der Waals surface area contributed by atoms with Crippen LogP contribution in [-0.2, 0) is 6.54 Å². The summed E-state index contributed by atoms with van der Waals surface area (Å²) in [6, 6.07) is 8.14. The second-order valence-electron chi connectivity index (χ2n) is 3.53. The van der Waals surface area contributed by atoms with E-state index in [0.29, 0.717) is 0 Å². The number of H-pyrrole nitrogens is 1. The first kappa shape index (κ1) is 11.4. The highest BCUT2D eigenvalue weighted by Gasteiger charge is 2.09. The van der Waals surface area contributed by atoms with E-state index >= 15 is 0 Å². The van der Waals surface area contributed by atoms with Gasteiger partial charge in [-0.15, -0.1) is 0 Å². The molecule has 1 aromatic carbocycles. The summed E-state index contributed by atoms with van der Waals surface area (Å²) in [5, 5.41) is 10.5. The molecule has 0 aliphatic carbocycles. The number of nitrogens with zero attached hydrogens (tertiary/aromatic N) is 1. The summed E-state index contributed by atoms with van der Waals surface area (Å²) in [6.07, 6.45) is 1.87. The van der Waals surface area contributed by atoms with Crippen molar-refractivity contribution in [3.63, 3.8) is 0 Å². The molecule has 0 spiro atoms. The lowest BCUT2D eigenvalue weighted by molar-refractivity contribution is 0.728. The first-order chi connectivity index (χ1) is 7.83. The number of nitrogens with one attached hydrogen (secondary N) is 2. The van der Waals surface area contributed by atoms with Gasteiger partial charge in [0.25, 0.3) is 0 Å². The lowest BCUT2D eigenvalue weighted by atomic mass is 10.1. The highest BCUT2D eigenvalue weighted by Crippen LogP contribution is 2.28. The average molecular weight is 280 g/mol. The SMILES string of the molecule is CCNCc1cn[nH]c1-c1ccccc1Br. The molecule has 16 heavy (non-hydrogen) atoms. The van der Waals surface area contributed by atoms with Crippen molar-refractivity contribution in [1.29, 1.82) is 0 Å². The number of hydrogen-bond donors (Lipinski definition) is 2. The number of hydrogen-bond acceptors (Lipinski definition) is 2. The smallest absolute Gasteiger partial charge is 0.0706 e. The van der Waals surface area contributed by atoms with Crippen LogP contribution >= 0.6 is 15.9 Å². The van der Waals surface area contributed by atoms with E-state index < -0.39 is 0 Å². The molecule has 4 heteroatoms. The number of aromatic amines is 1. The van der Waals surface area contributed by atoms with Gasteiger partial charge in [-0.25, -0.2) is 0 Å². The van der Waals surface area contributed by atoms with Gasteiger partial charge in [-0.2, -0.15) is 5.10 Å². The predicted molar refractivity (Wildman–Crippen MR) is 69.1 cm³/mol. The van der Waals surface area contributed by atoms with Gasteiger partial charge in [0.2, 0.25) is 0 Å². The summed E-state index contributed by atoms with van der Waals surface area (Å²) in [4.78, 5) is 0. The van der Waals surface area contributed by atoms with E-state index in [9.17, 15) is 0 Å². The molecule has 0 unspecified atom stereocenters. The summed E-state index contributed by atoms with van der Waals surface area (Å²) >= 11 is 3.55. The van der Waals surface area contributed by atoms with Gasteiger partial charge in [-0.1, -0.05) is 41.1 Å². The molecule has 2 rings (SSSR count). The van der Waals surface area contributed by atoms with Crippen LogP contribution in [0.5, 0.6) is 0 Å². The first-order valence-corrected chi connectivity index (χ1v) is 6.10. The van der Waals surface area contributed by atoms with Crippen LogP contribution in [0.3, 0.4) is 0 Å². The Morgan fingerprint density at radius 1 is 1.38 bits per heavy atom. The zero-order chi connectivity index (χ0) is 11.4. The van der Waals surface area contributed by atoms with E-state index in [2.05, 4.69) is 44.4 Å². The summed E-state index contributed by atoms with van der Waals surface area (Å²) in [7, 11) is 0. The van der Waals surface area contributed by atoms with Crippen LogP contribution in [0.25, 0.3) is 11.3 Å². The lowest BCUT2D eigenvalue weighted by Gasteiger charge is -2.05. The standard InChI is InChI=1S/C12H14BrN3/c1-2-14-7-9-8-15-16-12(9)10-5-3-4-6-11(10)13/h3-6,8,14H,2,7H2,1H3,(H,15,16). The minimum absolute atomic E-state index is 0.837. The summed E-state index contributed by atoms with van der Waals surface area (Å²) < 4.78 is 1.08. The third-order valence-electron chi connectivity index (χ3n) is 2.43. The van der Waals surface area contributed by atoms with Crippen LogP contribution in [0.1, 0.15) is 12.5 Å². The second kappa shape index (κ2) is 5.27. The molecule has 2 aromatic rings. The van der Waals surface area contributed by atoms with Crippen molar-refractivity contribution in [3.05, 3.63) is 40.5 Å². The molecule has 0 fully saturated rings. The maximum Gasteiger partial charge on any atom is 0.0706 e. The Bertz CT molecular complexity index is 465. The highest BCUT2D eigenvalue weighted by atomic mass is 79.9. The Labute approximate surface area is 103 Å². The zero-order valence-corrected chi connectivity index (χ0v) is 10.7. The van der Waals surface area contributed by atoms with Crippen LogP contribution in [0.2, 0.25) is 0 Å². The minimum Gasteiger partial charge on any atom is -0.313 e. The van der Waals surface area contributed by atoms with Crippen LogP contribution in [0.4, 0.5) is 0 Å². The van der Waals surface area contributed by atoms with Crippen molar-refractivity contribution in [2.24, 2.45) is 0 Å². The molecule has 0 atom stereocenters. The fraction of sp³-hybridized carbons (Fsp3) is 0.250. The van der Waals surface area contributed by atoms with Crippen LogP contribution in [-0.4, -0.2) is 16.7 Å². The summed E-state index contributed by atoms with van der Waals surface area (Å²) in [5.41, 5.74) is 3.41. The molecule has 0 bridgehead atoms. The van der Waals surface area contributed by atoms with E-state index in [0.717, 1.165) is 28.8 Å². The third-order valence-corrected chi connectivity index (χ3v) is 3.12. The Morgan fingerprint density at radius 2 is 2.19 bits per heavy atom. The Balaban J connectivity index is 2.33. The number of rotatable bonds is 4. The van der Waals surface area contributed by atoms with Gasteiger partial charge in [0.05, 0.1) is 11.9 Å². The van der Waals surface area contributed by atoms with Gasteiger partial charge in [-0.3, -0.25) is 5.10 Å². The molecule has 0 radical (unpaired) electrons. The lowest BCUT2D eigenvalue weighted by Crippen LogP contribution is -2.11. The predicted octanol–water partition coefficient (Wildman–Crippen LogP) is 2.95. The van der Waals surface area contributed by atoms with Gasteiger partial charge in [0.1, 0.15) is 0 Å². The minimum atomic E-state index is 0.837. The van der Waals surface area contributed by atoms with Crippen molar-refractivity contribution in [3.8, 4) is 11.3 Å². The van der Waals surface area contributed by atoms with Gasteiger partial charge >= 0.3 is 0 Å². The molecule has 1 heterocycles. The van der Waals surface area contributed by atoms with E-state index in [1.165, 1.54) is 5.56 Å². The quantitative estimate of drug-likeness (QED) is 0.904. The maximum atomic E-state index is 4.11. The van der Waals surface area contributed by atoms with Crippen LogP contribution < -0.4 is 5.32 Å². The Kier molecular flexibility index (Phi) is 3.74. The average Bonchev–Trinajstić information content (AvgIpc) is 2.75. The van der Waals surface area contributed by atoms with Crippen molar-refractivity contribution >= 4 is 15.9 Å². The van der Waals surface area contributed by atoms with E-state index in [-0.39, 0.29) is 0 Å². The first-order valence-electron chi connectivity index (χ1n) is 5.30. The molecule has 0 aliphatic heterocycles. The van der Waals surface area contributed by atoms with Crippen LogP contribution in [0.15, 0.2) is 34.9 Å².